The summed E-state index contributed by atoms with van der Waals surface area (Å²) >= 11 is 1.48. The lowest BCUT2D eigenvalue weighted by Gasteiger charge is -2.29. The molecule has 4 rings (SSSR count). The maximum atomic E-state index is 12.6. The average Bonchev–Trinajstić information content (AvgIpc) is 3.39. The molecule has 2 aromatic rings. The summed E-state index contributed by atoms with van der Waals surface area (Å²) in [5, 5.41) is 12.9. The number of hydrogen-bond acceptors (Lipinski definition) is 5. The average molecular weight is 414 g/mol. The number of amides is 1. The maximum absolute atomic E-state index is 12.6. The van der Waals surface area contributed by atoms with Crippen LogP contribution in [0.15, 0.2) is 35.5 Å². The van der Waals surface area contributed by atoms with Crippen LogP contribution in [-0.2, 0) is 11.3 Å². The summed E-state index contributed by atoms with van der Waals surface area (Å²) in [7, 11) is 0. The lowest BCUT2D eigenvalue weighted by atomic mass is 9.86. The van der Waals surface area contributed by atoms with Gasteiger partial charge in [0.05, 0.1) is 12.3 Å². The Kier molecular flexibility index (Phi) is 6.87. The van der Waals surface area contributed by atoms with Crippen molar-refractivity contribution >= 4 is 17.7 Å². The van der Waals surface area contributed by atoms with Gasteiger partial charge in [0, 0.05) is 11.7 Å². The van der Waals surface area contributed by atoms with Crippen LogP contribution in [0.25, 0.3) is 5.69 Å². The van der Waals surface area contributed by atoms with Crippen LogP contribution in [0.4, 0.5) is 0 Å². The van der Waals surface area contributed by atoms with Crippen LogP contribution in [0.2, 0.25) is 0 Å². The van der Waals surface area contributed by atoms with E-state index in [4.69, 9.17) is 0 Å². The SMILES string of the molecule is C[C@H]1CCCC[C@@H]1NC(=O)CSc1nnc(CN2CCCC2)n1-c1ccccc1. The topological polar surface area (TPSA) is 63.1 Å². The Bertz CT molecular complexity index is 803. The first kappa shape index (κ1) is 20.4. The third kappa shape index (κ3) is 5.20. The Morgan fingerprint density at radius 3 is 2.62 bits per heavy atom. The second-order valence-electron chi connectivity index (χ2n) is 8.28. The predicted octanol–water partition coefficient (Wildman–Crippen LogP) is 3.65. The highest BCUT2D eigenvalue weighted by Gasteiger charge is 2.24. The molecule has 156 valence electrons. The van der Waals surface area contributed by atoms with Gasteiger partial charge in [-0.3, -0.25) is 14.3 Å². The summed E-state index contributed by atoms with van der Waals surface area (Å²) in [5.41, 5.74) is 1.05. The quantitative estimate of drug-likeness (QED) is 0.702. The van der Waals surface area contributed by atoms with Gasteiger partial charge >= 0.3 is 0 Å². The zero-order valence-corrected chi connectivity index (χ0v) is 18.0. The summed E-state index contributed by atoms with van der Waals surface area (Å²) in [6.07, 6.45) is 7.30. The molecule has 1 N–H and O–H groups in total. The predicted molar refractivity (Wildman–Crippen MR) is 116 cm³/mol. The fourth-order valence-electron chi connectivity index (χ4n) is 4.38. The first-order valence-electron chi connectivity index (χ1n) is 10.8. The van der Waals surface area contributed by atoms with Gasteiger partial charge in [0.15, 0.2) is 11.0 Å². The van der Waals surface area contributed by atoms with Gasteiger partial charge in [0.1, 0.15) is 0 Å². The molecule has 1 aliphatic carbocycles. The van der Waals surface area contributed by atoms with E-state index in [1.807, 2.05) is 18.2 Å². The monoisotopic (exact) mass is 413 g/mol. The van der Waals surface area contributed by atoms with E-state index in [9.17, 15) is 4.79 Å². The number of nitrogens with zero attached hydrogens (tertiary/aromatic N) is 4. The molecule has 1 aromatic heterocycles. The summed E-state index contributed by atoms with van der Waals surface area (Å²) in [5.74, 6) is 1.98. The zero-order valence-electron chi connectivity index (χ0n) is 17.2. The van der Waals surface area contributed by atoms with E-state index in [0.29, 0.717) is 17.7 Å². The first-order chi connectivity index (χ1) is 14.2. The summed E-state index contributed by atoms with van der Waals surface area (Å²) in [6.45, 7) is 5.28. The molecule has 2 fully saturated rings. The number of hydrogen-bond donors (Lipinski definition) is 1. The Hall–Kier alpha value is -1.86. The van der Waals surface area contributed by atoms with E-state index >= 15 is 0 Å². The Labute approximate surface area is 177 Å². The van der Waals surface area contributed by atoms with Gasteiger partial charge in [-0.25, -0.2) is 0 Å². The molecule has 2 heterocycles. The number of benzene rings is 1. The molecule has 0 bridgehead atoms. The lowest BCUT2D eigenvalue weighted by molar-refractivity contribution is -0.119. The van der Waals surface area contributed by atoms with E-state index < -0.39 is 0 Å². The molecule has 0 radical (unpaired) electrons. The molecule has 1 aromatic carbocycles. The van der Waals surface area contributed by atoms with E-state index in [-0.39, 0.29) is 5.91 Å². The lowest BCUT2D eigenvalue weighted by Crippen LogP contribution is -2.41. The number of para-hydroxylation sites is 1. The number of aromatic nitrogens is 3. The number of thioether (sulfide) groups is 1. The largest absolute Gasteiger partial charge is 0.352 e. The van der Waals surface area contributed by atoms with Crippen LogP contribution in [0.3, 0.4) is 0 Å². The van der Waals surface area contributed by atoms with E-state index in [0.717, 1.165) is 42.7 Å². The second kappa shape index (κ2) is 9.76. The number of likely N-dealkylation sites (tertiary alicyclic amines) is 1. The van der Waals surface area contributed by atoms with Crippen LogP contribution in [0, 0.1) is 5.92 Å². The highest BCUT2D eigenvalue weighted by molar-refractivity contribution is 7.99. The van der Waals surface area contributed by atoms with Crippen LogP contribution in [0.5, 0.6) is 0 Å². The molecule has 1 saturated carbocycles. The standard InChI is InChI=1S/C22H31N5OS/c1-17-9-5-6-12-19(17)23-21(28)16-29-22-25-24-20(15-26-13-7-8-14-26)27(22)18-10-3-2-4-11-18/h2-4,10-11,17,19H,5-9,12-16H2,1H3,(H,23,28)/t17-,19-/m0/s1. The highest BCUT2D eigenvalue weighted by atomic mass is 32.2. The van der Waals surface area contributed by atoms with Crippen LogP contribution >= 0.6 is 11.8 Å². The fraction of sp³-hybridized carbons (Fsp3) is 0.591. The molecule has 29 heavy (non-hydrogen) atoms. The van der Waals surface area contributed by atoms with Gasteiger partial charge in [-0.1, -0.05) is 49.7 Å². The first-order valence-corrected chi connectivity index (χ1v) is 11.8. The van der Waals surface area contributed by atoms with Gasteiger partial charge in [-0.05, 0) is 56.8 Å². The molecular weight excluding hydrogens is 382 g/mol. The van der Waals surface area contributed by atoms with E-state index in [2.05, 4.69) is 44.0 Å². The van der Waals surface area contributed by atoms with Crippen molar-refractivity contribution in [3.8, 4) is 5.69 Å². The Balaban J connectivity index is 1.45. The van der Waals surface area contributed by atoms with Crippen molar-refractivity contribution in [2.45, 2.75) is 63.2 Å². The van der Waals surface area contributed by atoms with E-state index in [1.54, 1.807) is 0 Å². The molecule has 1 saturated heterocycles. The van der Waals surface area contributed by atoms with E-state index in [1.165, 1.54) is 43.9 Å². The molecule has 1 aliphatic heterocycles. The van der Waals surface area contributed by atoms with Crippen LogP contribution < -0.4 is 5.32 Å². The smallest absolute Gasteiger partial charge is 0.230 e. The third-order valence-corrected chi connectivity index (χ3v) is 7.00. The van der Waals surface area contributed by atoms with Crippen molar-refractivity contribution in [2.24, 2.45) is 5.92 Å². The maximum Gasteiger partial charge on any atom is 0.230 e. The highest BCUT2D eigenvalue weighted by Crippen LogP contribution is 2.26. The van der Waals surface area contributed by atoms with Gasteiger partial charge in [-0.15, -0.1) is 10.2 Å². The molecule has 2 aliphatic rings. The number of carbonyl (C=O) groups is 1. The van der Waals surface area contributed by atoms with Gasteiger partial charge in [0.2, 0.25) is 5.91 Å². The molecule has 2 atom stereocenters. The minimum Gasteiger partial charge on any atom is -0.352 e. The van der Waals surface area contributed by atoms with Gasteiger partial charge in [0.25, 0.3) is 0 Å². The van der Waals surface area contributed by atoms with Crippen molar-refractivity contribution in [1.82, 2.24) is 25.0 Å². The minimum absolute atomic E-state index is 0.0949. The molecule has 0 unspecified atom stereocenters. The van der Waals surface area contributed by atoms with Crippen molar-refractivity contribution in [3.05, 3.63) is 36.2 Å². The number of nitrogens with one attached hydrogen (secondary N) is 1. The molecule has 7 heteroatoms. The van der Waals surface area contributed by atoms with Crippen molar-refractivity contribution in [3.63, 3.8) is 0 Å². The van der Waals surface area contributed by atoms with Crippen LogP contribution in [0.1, 0.15) is 51.3 Å². The molecule has 0 spiro atoms. The normalized spacial score (nSPS) is 22.7. The molecule has 1 amide bonds. The summed E-state index contributed by atoms with van der Waals surface area (Å²) in [4.78, 5) is 15.0. The van der Waals surface area contributed by atoms with Crippen molar-refractivity contribution < 1.29 is 4.79 Å². The molecular formula is C22H31N5OS. The van der Waals surface area contributed by atoms with Crippen LogP contribution in [-0.4, -0.2) is 50.5 Å². The number of rotatable bonds is 7. The zero-order chi connectivity index (χ0) is 20.1. The summed E-state index contributed by atoms with van der Waals surface area (Å²) < 4.78 is 2.11. The third-order valence-electron chi connectivity index (χ3n) is 6.07. The Morgan fingerprint density at radius 1 is 1.10 bits per heavy atom. The Morgan fingerprint density at radius 2 is 1.86 bits per heavy atom. The van der Waals surface area contributed by atoms with Gasteiger partial charge in [-0.2, -0.15) is 0 Å². The number of carbonyl (C=O) groups excluding carboxylic acids is 1. The van der Waals surface area contributed by atoms with Crippen molar-refractivity contribution in [1.29, 1.82) is 0 Å². The molecule has 6 nitrogen and oxygen atoms in total. The summed E-state index contributed by atoms with van der Waals surface area (Å²) in [6, 6.07) is 10.5. The fourth-order valence-corrected chi connectivity index (χ4v) is 5.16. The second-order valence-corrected chi connectivity index (χ2v) is 9.22. The minimum atomic E-state index is 0.0949. The van der Waals surface area contributed by atoms with Gasteiger partial charge < -0.3 is 5.32 Å². The van der Waals surface area contributed by atoms with Crippen molar-refractivity contribution in [2.75, 3.05) is 18.8 Å².